The molecular weight excluding hydrogens is 244 g/mol. The van der Waals surface area contributed by atoms with Crippen LogP contribution in [0.1, 0.15) is 43.9 Å². The quantitative estimate of drug-likeness (QED) is 0.630. The lowest BCUT2D eigenvalue weighted by molar-refractivity contribution is 0.634. The fourth-order valence-corrected chi connectivity index (χ4v) is 2.99. The van der Waals surface area contributed by atoms with Gasteiger partial charge in [-0.1, -0.05) is 32.6 Å². The molecule has 0 radical (unpaired) electrons. The van der Waals surface area contributed by atoms with Crippen LogP contribution in [0.3, 0.4) is 0 Å². The average Bonchev–Trinajstić information content (AvgIpc) is 2.52. The zero-order valence-corrected chi connectivity index (χ0v) is 10.6. The van der Waals surface area contributed by atoms with E-state index in [-0.39, 0.29) is 0 Å². The monoisotopic (exact) mass is 260 g/mol. The van der Waals surface area contributed by atoms with Gasteiger partial charge in [0.25, 0.3) is 0 Å². The molecule has 0 aliphatic carbocycles. The summed E-state index contributed by atoms with van der Waals surface area (Å²) in [5, 5.41) is 2.16. The van der Waals surface area contributed by atoms with Crippen molar-refractivity contribution in [1.29, 1.82) is 0 Å². The van der Waals surface area contributed by atoms with Crippen molar-refractivity contribution in [3.8, 4) is 0 Å². The summed E-state index contributed by atoms with van der Waals surface area (Å²) in [6.45, 7) is 2.26. The van der Waals surface area contributed by atoms with E-state index in [1.54, 1.807) is 0 Å². The van der Waals surface area contributed by atoms with E-state index in [9.17, 15) is 0 Å². The highest BCUT2D eigenvalue weighted by atomic mass is 79.9. The number of aryl methyl sites for hydroxylation is 1. The molecule has 0 aliphatic heterocycles. The van der Waals surface area contributed by atoms with Crippen LogP contribution >= 0.6 is 27.3 Å². The second-order valence-electron chi connectivity index (χ2n) is 3.36. The maximum Gasteiger partial charge on any atom is 0.0314 e. The van der Waals surface area contributed by atoms with E-state index in [2.05, 4.69) is 34.3 Å². The van der Waals surface area contributed by atoms with Crippen molar-refractivity contribution in [3.63, 3.8) is 0 Å². The number of hydrogen-bond acceptors (Lipinski definition) is 1. The Bertz CT molecular complexity index is 230. The Hall–Kier alpha value is 0.180. The first kappa shape index (κ1) is 11.3. The smallest absolute Gasteiger partial charge is 0.0314 e. The van der Waals surface area contributed by atoms with E-state index in [1.807, 2.05) is 11.3 Å². The fraction of sp³-hybridized carbons (Fsp3) is 0.636. The Morgan fingerprint density at radius 1 is 1.23 bits per heavy atom. The SMILES string of the molecule is CCCCCCCc1sccc1Br. The average molecular weight is 261 g/mol. The van der Waals surface area contributed by atoms with Crippen LogP contribution in [0.15, 0.2) is 15.9 Å². The van der Waals surface area contributed by atoms with Gasteiger partial charge in [-0.3, -0.25) is 0 Å². The molecule has 0 aliphatic rings. The van der Waals surface area contributed by atoms with Crippen molar-refractivity contribution in [2.24, 2.45) is 0 Å². The summed E-state index contributed by atoms with van der Waals surface area (Å²) >= 11 is 5.43. The lowest BCUT2D eigenvalue weighted by atomic mass is 10.1. The molecule has 0 saturated heterocycles. The molecule has 1 heterocycles. The van der Waals surface area contributed by atoms with Crippen LogP contribution in [-0.4, -0.2) is 0 Å². The Morgan fingerprint density at radius 2 is 2.00 bits per heavy atom. The molecule has 0 saturated carbocycles. The molecule has 1 aromatic heterocycles. The topological polar surface area (TPSA) is 0 Å². The van der Waals surface area contributed by atoms with Crippen molar-refractivity contribution in [3.05, 3.63) is 20.8 Å². The van der Waals surface area contributed by atoms with Gasteiger partial charge in [0.2, 0.25) is 0 Å². The molecule has 0 aromatic carbocycles. The highest BCUT2D eigenvalue weighted by molar-refractivity contribution is 9.10. The van der Waals surface area contributed by atoms with Gasteiger partial charge in [0.1, 0.15) is 0 Å². The van der Waals surface area contributed by atoms with Gasteiger partial charge in [-0.15, -0.1) is 11.3 Å². The summed E-state index contributed by atoms with van der Waals surface area (Å²) in [5.41, 5.74) is 0. The van der Waals surface area contributed by atoms with Crippen LogP contribution in [-0.2, 0) is 6.42 Å². The third kappa shape index (κ3) is 4.28. The number of rotatable bonds is 6. The first-order valence-electron chi connectivity index (χ1n) is 5.06. The predicted molar refractivity (Wildman–Crippen MR) is 64.5 cm³/mol. The Morgan fingerprint density at radius 3 is 2.62 bits per heavy atom. The largest absolute Gasteiger partial charge is 0.148 e. The van der Waals surface area contributed by atoms with E-state index in [4.69, 9.17) is 0 Å². The maximum atomic E-state index is 3.56. The van der Waals surface area contributed by atoms with Crippen molar-refractivity contribution >= 4 is 27.3 Å². The fourth-order valence-electron chi connectivity index (χ4n) is 1.39. The van der Waals surface area contributed by atoms with E-state index in [0.29, 0.717) is 0 Å². The Balaban J connectivity index is 2.10. The maximum absolute atomic E-state index is 3.56. The molecule has 0 amide bonds. The van der Waals surface area contributed by atoms with Crippen molar-refractivity contribution in [2.45, 2.75) is 45.4 Å². The van der Waals surface area contributed by atoms with Crippen LogP contribution in [0.4, 0.5) is 0 Å². The van der Waals surface area contributed by atoms with Crippen LogP contribution in [0.25, 0.3) is 0 Å². The zero-order valence-electron chi connectivity index (χ0n) is 8.18. The standard InChI is InChI=1S/C11H17BrS/c1-2-3-4-5-6-7-11-10(12)8-9-13-11/h8-9H,2-7H2,1H3. The van der Waals surface area contributed by atoms with E-state index < -0.39 is 0 Å². The summed E-state index contributed by atoms with van der Waals surface area (Å²) in [6, 6.07) is 2.14. The van der Waals surface area contributed by atoms with Gasteiger partial charge in [0, 0.05) is 9.35 Å². The minimum absolute atomic E-state index is 1.25. The minimum Gasteiger partial charge on any atom is -0.148 e. The van der Waals surface area contributed by atoms with Crippen LogP contribution < -0.4 is 0 Å². The number of thiophene rings is 1. The van der Waals surface area contributed by atoms with Gasteiger partial charge < -0.3 is 0 Å². The molecule has 1 aromatic rings. The van der Waals surface area contributed by atoms with Gasteiger partial charge in [-0.05, 0) is 40.2 Å². The molecule has 0 atom stereocenters. The minimum atomic E-state index is 1.25. The summed E-state index contributed by atoms with van der Waals surface area (Å²) < 4.78 is 1.30. The van der Waals surface area contributed by atoms with E-state index in [1.165, 1.54) is 47.9 Å². The van der Waals surface area contributed by atoms with Crippen molar-refractivity contribution in [2.75, 3.05) is 0 Å². The highest BCUT2D eigenvalue weighted by Gasteiger charge is 1.99. The lowest BCUT2D eigenvalue weighted by Crippen LogP contribution is -1.82. The van der Waals surface area contributed by atoms with Crippen LogP contribution in [0.2, 0.25) is 0 Å². The molecule has 0 bridgehead atoms. The van der Waals surface area contributed by atoms with Gasteiger partial charge in [-0.25, -0.2) is 0 Å². The third-order valence-corrected chi connectivity index (χ3v) is 4.18. The van der Waals surface area contributed by atoms with Crippen LogP contribution in [0, 0.1) is 0 Å². The second-order valence-corrected chi connectivity index (χ2v) is 5.21. The molecule has 0 unspecified atom stereocenters. The summed E-state index contributed by atoms with van der Waals surface area (Å²) in [5.74, 6) is 0. The van der Waals surface area contributed by atoms with E-state index in [0.717, 1.165) is 0 Å². The molecule has 1 rings (SSSR count). The second kappa shape index (κ2) is 6.61. The summed E-state index contributed by atoms with van der Waals surface area (Å²) in [6.07, 6.45) is 8.12. The number of hydrogen-bond donors (Lipinski definition) is 0. The molecule has 0 fully saturated rings. The highest BCUT2D eigenvalue weighted by Crippen LogP contribution is 2.24. The van der Waals surface area contributed by atoms with Gasteiger partial charge in [-0.2, -0.15) is 0 Å². The number of unbranched alkanes of at least 4 members (excludes halogenated alkanes) is 4. The number of halogens is 1. The van der Waals surface area contributed by atoms with Gasteiger partial charge >= 0.3 is 0 Å². The normalized spacial score (nSPS) is 10.6. The Kier molecular flexibility index (Phi) is 5.72. The summed E-state index contributed by atoms with van der Waals surface area (Å²) in [7, 11) is 0. The van der Waals surface area contributed by atoms with Crippen molar-refractivity contribution < 1.29 is 0 Å². The first-order chi connectivity index (χ1) is 6.34. The van der Waals surface area contributed by atoms with E-state index >= 15 is 0 Å². The summed E-state index contributed by atoms with van der Waals surface area (Å²) in [4.78, 5) is 1.51. The zero-order chi connectivity index (χ0) is 9.52. The Labute approximate surface area is 93.5 Å². The molecule has 0 nitrogen and oxygen atoms in total. The molecular formula is C11H17BrS. The molecule has 13 heavy (non-hydrogen) atoms. The molecule has 74 valence electrons. The van der Waals surface area contributed by atoms with Crippen LogP contribution in [0.5, 0.6) is 0 Å². The predicted octanol–water partition coefficient (Wildman–Crippen LogP) is 5.02. The molecule has 2 heteroatoms. The van der Waals surface area contributed by atoms with Gasteiger partial charge in [0.15, 0.2) is 0 Å². The molecule has 0 N–H and O–H groups in total. The first-order valence-corrected chi connectivity index (χ1v) is 6.73. The third-order valence-electron chi connectivity index (χ3n) is 2.20. The lowest BCUT2D eigenvalue weighted by Gasteiger charge is -1.99. The van der Waals surface area contributed by atoms with Crippen molar-refractivity contribution in [1.82, 2.24) is 0 Å². The van der Waals surface area contributed by atoms with Gasteiger partial charge in [0.05, 0.1) is 0 Å². The molecule has 0 spiro atoms.